The van der Waals surface area contributed by atoms with Crippen LogP contribution in [0.3, 0.4) is 0 Å². The second-order valence-corrected chi connectivity index (χ2v) is 8.04. The number of hydrogen-bond acceptors (Lipinski definition) is 3. The van der Waals surface area contributed by atoms with Gasteiger partial charge in [0.05, 0.1) is 20.3 Å². The van der Waals surface area contributed by atoms with Crippen LogP contribution in [0.2, 0.25) is 5.02 Å². The van der Waals surface area contributed by atoms with E-state index in [2.05, 4.69) is 6.92 Å². The Kier molecular flexibility index (Phi) is 6.19. The molecule has 5 heteroatoms. The van der Waals surface area contributed by atoms with E-state index < -0.39 is 0 Å². The van der Waals surface area contributed by atoms with Crippen LogP contribution in [0, 0.1) is 0 Å². The van der Waals surface area contributed by atoms with E-state index in [0.717, 1.165) is 29.5 Å². The van der Waals surface area contributed by atoms with Gasteiger partial charge in [-0.2, -0.15) is 0 Å². The highest BCUT2D eigenvalue weighted by molar-refractivity contribution is 6.31. The number of nitrogens with zero attached hydrogens (tertiary/aromatic N) is 1. The number of hydrogen-bond donors (Lipinski definition) is 0. The minimum Gasteiger partial charge on any atom is -0.493 e. The summed E-state index contributed by atoms with van der Waals surface area (Å²) in [4.78, 5) is 15.5. The molecule has 160 valence electrons. The molecule has 0 spiro atoms. The first kappa shape index (κ1) is 21.3. The lowest BCUT2D eigenvalue weighted by Crippen LogP contribution is -2.40. The molecule has 3 aromatic carbocycles. The van der Waals surface area contributed by atoms with Gasteiger partial charge in [0.2, 0.25) is 0 Å². The van der Waals surface area contributed by atoms with E-state index in [1.54, 1.807) is 14.2 Å². The van der Waals surface area contributed by atoms with E-state index in [4.69, 9.17) is 21.1 Å². The summed E-state index contributed by atoms with van der Waals surface area (Å²) in [6.07, 6.45) is 1.67. The molecule has 1 amide bonds. The molecule has 1 aliphatic heterocycles. The summed E-state index contributed by atoms with van der Waals surface area (Å²) in [6, 6.07) is 19.2. The lowest BCUT2D eigenvalue weighted by atomic mass is 9.87. The molecular weight excluding hydrogens is 410 g/mol. The summed E-state index contributed by atoms with van der Waals surface area (Å²) in [7, 11) is 3.25. The monoisotopic (exact) mass is 435 g/mol. The second-order valence-electron chi connectivity index (χ2n) is 7.63. The first-order valence-electron chi connectivity index (χ1n) is 10.5. The number of benzene rings is 3. The summed E-state index contributed by atoms with van der Waals surface area (Å²) < 4.78 is 11.1. The minimum atomic E-state index is -0.310. The molecular formula is C26H26ClNO3. The molecule has 1 heterocycles. The Balaban J connectivity index is 1.84. The molecule has 0 fully saturated rings. The Morgan fingerprint density at radius 1 is 1.00 bits per heavy atom. The molecule has 0 radical (unpaired) electrons. The van der Waals surface area contributed by atoms with E-state index in [1.165, 1.54) is 5.56 Å². The molecule has 31 heavy (non-hydrogen) atoms. The van der Waals surface area contributed by atoms with Crippen LogP contribution in [0.1, 0.15) is 45.6 Å². The van der Waals surface area contributed by atoms with Crippen LogP contribution in [0.4, 0.5) is 0 Å². The molecule has 4 nitrogen and oxygen atoms in total. The average molecular weight is 436 g/mol. The third kappa shape index (κ3) is 4.00. The maximum absolute atomic E-state index is 13.6. The number of methoxy groups -OCH3 is 2. The van der Waals surface area contributed by atoms with Gasteiger partial charge >= 0.3 is 0 Å². The molecule has 0 saturated carbocycles. The smallest absolute Gasteiger partial charge is 0.254 e. The number of rotatable bonds is 5. The van der Waals surface area contributed by atoms with Gasteiger partial charge in [-0.3, -0.25) is 4.79 Å². The highest BCUT2D eigenvalue weighted by Gasteiger charge is 2.34. The Labute approximate surface area is 188 Å². The first-order chi connectivity index (χ1) is 15.1. The van der Waals surface area contributed by atoms with Crippen molar-refractivity contribution in [3.63, 3.8) is 0 Å². The normalized spacial score (nSPS) is 15.4. The van der Waals surface area contributed by atoms with Gasteiger partial charge in [-0.25, -0.2) is 0 Å². The molecule has 0 aromatic heterocycles. The van der Waals surface area contributed by atoms with Crippen molar-refractivity contribution in [1.82, 2.24) is 4.90 Å². The summed E-state index contributed by atoms with van der Waals surface area (Å²) >= 11 is 6.62. The Hall–Kier alpha value is -2.98. The van der Waals surface area contributed by atoms with Gasteiger partial charge in [-0.1, -0.05) is 48.9 Å². The van der Waals surface area contributed by atoms with Crippen LogP contribution in [-0.4, -0.2) is 31.6 Å². The van der Waals surface area contributed by atoms with Gasteiger partial charge in [-0.05, 0) is 65.4 Å². The molecule has 0 saturated heterocycles. The second kappa shape index (κ2) is 9.03. The van der Waals surface area contributed by atoms with Crippen LogP contribution < -0.4 is 9.47 Å². The molecule has 0 N–H and O–H groups in total. The summed E-state index contributed by atoms with van der Waals surface area (Å²) in [5.41, 5.74) is 4.93. The summed E-state index contributed by atoms with van der Waals surface area (Å²) in [5, 5.41) is 0.634. The zero-order chi connectivity index (χ0) is 22.0. The van der Waals surface area contributed by atoms with Crippen molar-refractivity contribution in [3.05, 3.63) is 93.5 Å². The van der Waals surface area contributed by atoms with E-state index in [-0.39, 0.29) is 11.9 Å². The van der Waals surface area contributed by atoms with Gasteiger partial charge in [0.1, 0.15) is 0 Å². The van der Waals surface area contributed by atoms with Crippen molar-refractivity contribution >= 4 is 17.5 Å². The lowest BCUT2D eigenvalue weighted by Gasteiger charge is -2.38. The van der Waals surface area contributed by atoms with Gasteiger partial charge in [-0.15, -0.1) is 0 Å². The highest BCUT2D eigenvalue weighted by Crippen LogP contribution is 2.43. The number of fused-ring (bicyclic) bond motifs is 1. The largest absolute Gasteiger partial charge is 0.493 e. The maximum Gasteiger partial charge on any atom is 0.254 e. The number of ether oxygens (including phenoxy) is 2. The zero-order valence-corrected chi connectivity index (χ0v) is 18.8. The summed E-state index contributed by atoms with van der Waals surface area (Å²) in [5.74, 6) is 1.32. The third-order valence-electron chi connectivity index (χ3n) is 5.94. The molecule has 3 aromatic rings. The van der Waals surface area contributed by atoms with Crippen molar-refractivity contribution < 1.29 is 14.3 Å². The Bertz CT molecular complexity index is 1090. The van der Waals surface area contributed by atoms with Gasteiger partial charge in [0.25, 0.3) is 5.91 Å². The van der Waals surface area contributed by atoms with Crippen molar-refractivity contribution in [1.29, 1.82) is 0 Å². The van der Waals surface area contributed by atoms with E-state index in [1.807, 2.05) is 65.6 Å². The number of carbonyl (C=O) groups excluding carboxylic acids is 1. The number of aryl methyl sites for hydroxylation is 1. The standard InChI is InChI=1S/C26H26ClNO3/c1-4-17-9-11-18(12-10-17)26(29)28-14-13-19-15-23(30-2)24(31-3)16-21(19)25(28)20-7-5-6-8-22(20)27/h5-12,15-16,25H,4,13-14H2,1-3H3. The van der Waals surface area contributed by atoms with Crippen LogP contribution in [0.5, 0.6) is 11.5 Å². The van der Waals surface area contributed by atoms with E-state index in [9.17, 15) is 4.79 Å². The molecule has 0 bridgehead atoms. The quantitative estimate of drug-likeness (QED) is 0.515. The Morgan fingerprint density at radius 2 is 1.68 bits per heavy atom. The van der Waals surface area contributed by atoms with Gasteiger partial charge in [0.15, 0.2) is 11.5 Å². The van der Waals surface area contributed by atoms with Crippen LogP contribution in [-0.2, 0) is 12.8 Å². The number of amides is 1. The van der Waals surface area contributed by atoms with Crippen LogP contribution >= 0.6 is 11.6 Å². The molecule has 0 aliphatic carbocycles. The van der Waals surface area contributed by atoms with Crippen molar-refractivity contribution in [3.8, 4) is 11.5 Å². The van der Waals surface area contributed by atoms with Crippen LogP contribution in [0.25, 0.3) is 0 Å². The number of halogens is 1. The van der Waals surface area contributed by atoms with Crippen LogP contribution in [0.15, 0.2) is 60.7 Å². The number of carbonyl (C=O) groups is 1. The Morgan fingerprint density at radius 3 is 2.32 bits per heavy atom. The fourth-order valence-corrected chi connectivity index (χ4v) is 4.48. The van der Waals surface area contributed by atoms with E-state index >= 15 is 0 Å². The minimum absolute atomic E-state index is 0.00647. The predicted octanol–water partition coefficient (Wildman–Crippen LogP) is 5.71. The molecule has 1 unspecified atom stereocenters. The van der Waals surface area contributed by atoms with Gasteiger partial charge in [0, 0.05) is 17.1 Å². The maximum atomic E-state index is 13.6. The molecule has 1 atom stereocenters. The fraction of sp³-hybridized carbons (Fsp3) is 0.269. The summed E-state index contributed by atoms with van der Waals surface area (Å²) in [6.45, 7) is 2.69. The highest BCUT2D eigenvalue weighted by atomic mass is 35.5. The first-order valence-corrected chi connectivity index (χ1v) is 10.8. The van der Waals surface area contributed by atoms with Crippen molar-refractivity contribution in [2.75, 3.05) is 20.8 Å². The topological polar surface area (TPSA) is 38.8 Å². The molecule has 4 rings (SSSR count). The molecule has 1 aliphatic rings. The third-order valence-corrected chi connectivity index (χ3v) is 6.29. The SMILES string of the molecule is CCc1ccc(C(=O)N2CCc3cc(OC)c(OC)cc3C2c2ccccc2Cl)cc1. The predicted molar refractivity (Wildman–Crippen MR) is 123 cm³/mol. The fourth-order valence-electron chi connectivity index (χ4n) is 4.25. The van der Waals surface area contributed by atoms with Crippen molar-refractivity contribution in [2.45, 2.75) is 25.8 Å². The average Bonchev–Trinajstić information content (AvgIpc) is 2.82. The lowest BCUT2D eigenvalue weighted by molar-refractivity contribution is 0.0694. The van der Waals surface area contributed by atoms with Crippen molar-refractivity contribution in [2.24, 2.45) is 0 Å². The van der Waals surface area contributed by atoms with E-state index in [0.29, 0.717) is 28.6 Å². The van der Waals surface area contributed by atoms with Gasteiger partial charge < -0.3 is 14.4 Å². The zero-order valence-electron chi connectivity index (χ0n) is 18.0.